The number of amidine groups is 3. The summed E-state index contributed by atoms with van der Waals surface area (Å²) < 4.78 is 0. The van der Waals surface area contributed by atoms with Crippen LogP contribution in [0.3, 0.4) is 0 Å². The highest BCUT2D eigenvalue weighted by molar-refractivity contribution is 6.16. The third kappa shape index (κ3) is 7.92. The summed E-state index contributed by atoms with van der Waals surface area (Å²) >= 11 is 0. The van der Waals surface area contributed by atoms with E-state index in [4.69, 9.17) is 20.0 Å². The van der Waals surface area contributed by atoms with Gasteiger partial charge in [0.2, 0.25) is 0 Å². The van der Waals surface area contributed by atoms with Crippen LogP contribution in [0.5, 0.6) is 0 Å². The third-order valence-corrected chi connectivity index (χ3v) is 10.8. The SMILES string of the molecule is C=C(N=C(N=C(C)c1ccccc1)c1ccc(C2(c3ccc(C4N=C(c5ccccc5)NC(c5ccccc5)=N4)cc3)CCCCC2)cc1)c1ccccc1. The van der Waals surface area contributed by atoms with Gasteiger partial charge in [-0.1, -0.05) is 196 Å². The molecule has 0 saturated heterocycles. The van der Waals surface area contributed by atoms with Crippen LogP contribution in [0.1, 0.15) is 89.7 Å². The smallest absolute Gasteiger partial charge is 0.169 e. The van der Waals surface area contributed by atoms with Gasteiger partial charge in [-0.05, 0) is 47.6 Å². The molecule has 0 spiro atoms. The fraction of sp³-hybridized carbons (Fsp3) is 0.160. The minimum absolute atomic E-state index is 0.0888. The molecule has 0 unspecified atom stereocenters. The highest BCUT2D eigenvalue weighted by atomic mass is 15.2. The van der Waals surface area contributed by atoms with Gasteiger partial charge >= 0.3 is 0 Å². The van der Waals surface area contributed by atoms with Crippen molar-refractivity contribution in [1.82, 2.24) is 5.32 Å². The van der Waals surface area contributed by atoms with Gasteiger partial charge in [0.25, 0.3) is 0 Å². The molecule has 6 aromatic rings. The van der Waals surface area contributed by atoms with E-state index in [1.54, 1.807) is 0 Å². The Bertz CT molecular complexity index is 2300. The molecule has 0 radical (unpaired) electrons. The zero-order chi connectivity index (χ0) is 37.5. The molecule has 0 atom stereocenters. The first-order valence-electron chi connectivity index (χ1n) is 19.2. The van der Waals surface area contributed by atoms with E-state index in [1.165, 1.54) is 30.4 Å². The topological polar surface area (TPSA) is 61.5 Å². The van der Waals surface area contributed by atoms with Crippen LogP contribution in [0, 0.1) is 0 Å². The van der Waals surface area contributed by atoms with Gasteiger partial charge in [-0.25, -0.2) is 20.0 Å². The predicted octanol–water partition coefficient (Wildman–Crippen LogP) is 11.4. The van der Waals surface area contributed by atoms with E-state index in [9.17, 15) is 0 Å². The van der Waals surface area contributed by atoms with Gasteiger partial charge in [0, 0.05) is 27.8 Å². The zero-order valence-corrected chi connectivity index (χ0v) is 31.3. The maximum atomic E-state index is 5.11. The number of hydrogen-bond donors (Lipinski definition) is 1. The number of aliphatic imine (C=N–C) groups is 4. The molecule has 55 heavy (non-hydrogen) atoms. The molecule has 8 rings (SSSR count). The zero-order valence-electron chi connectivity index (χ0n) is 31.3. The quantitative estimate of drug-likeness (QED) is 0.118. The second-order valence-electron chi connectivity index (χ2n) is 14.3. The molecule has 1 N–H and O–H groups in total. The summed E-state index contributed by atoms with van der Waals surface area (Å²) in [5, 5.41) is 3.50. The Kier molecular flexibility index (Phi) is 10.5. The van der Waals surface area contributed by atoms with Crippen molar-refractivity contribution in [2.45, 2.75) is 50.6 Å². The lowest BCUT2D eigenvalue weighted by Gasteiger charge is -2.39. The van der Waals surface area contributed by atoms with E-state index in [-0.39, 0.29) is 11.6 Å². The molecule has 1 fully saturated rings. The summed E-state index contributed by atoms with van der Waals surface area (Å²) in [7, 11) is 0. The first-order valence-corrected chi connectivity index (χ1v) is 19.2. The average molecular weight is 716 g/mol. The summed E-state index contributed by atoms with van der Waals surface area (Å²) in [5.74, 6) is 2.30. The summed E-state index contributed by atoms with van der Waals surface area (Å²) in [4.78, 5) is 20.3. The molecule has 1 heterocycles. The molecule has 1 saturated carbocycles. The van der Waals surface area contributed by atoms with Crippen molar-refractivity contribution >= 4 is 28.9 Å². The average Bonchev–Trinajstić information content (AvgIpc) is 3.27. The summed E-state index contributed by atoms with van der Waals surface area (Å²) in [5.41, 5.74) is 10.3. The summed E-state index contributed by atoms with van der Waals surface area (Å²) in [6, 6.07) is 59.0. The van der Waals surface area contributed by atoms with Crippen LogP contribution < -0.4 is 5.32 Å². The molecular weight excluding hydrogens is 671 g/mol. The Hall–Kier alpha value is -6.46. The second-order valence-corrected chi connectivity index (χ2v) is 14.3. The molecule has 0 bridgehead atoms. The largest absolute Gasteiger partial charge is 0.324 e. The lowest BCUT2D eigenvalue weighted by Crippen LogP contribution is -2.36. The van der Waals surface area contributed by atoms with Crippen LogP contribution in [-0.4, -0.2) is 23.2 Å². The van der Waals surface area contributed by atoms with Crippen LogP contribution in [0.4, 0.5) is 0 Å². The van der Waals surface area contributed by atoms with Gasteiger partial charge in [-0.3, -0.25) is 0 Å². The minimum atomic E-state index is -0.356. The van der Waals surface area contributed by atoms with Gasteiger partial charge < -0.3 is 5.32 Å². The van der Waals surface area contributed by atoms with E-state index in [2.05, 4.69) is 96.8 Å². The summed E-state index contributed by atoms with van der Waals surface area (Å²) in [6.45, 7) is 6.35. The standard InChI is InChI=1S/C50H45N5/c1-36(38-18-8-3-9-19-38)51-46(52-37(2)39-20-10-4-11-21-39)42-26-30-44(31-27-42)50(34-16-7-17-35-50)45-32-28-43(29-33-45)49-54-47(40-22-12-5-13-23-40)53-48(55-49)41-24-14-6-15-25-41/h3-6,8-15,18-33,49H,1,7,16-17,34-35H2,2H3,(H,53,54,55). The van der Waals surface area contributed by atoms with Gasteiger partial charge in [-0.2, -0.15) is 0 Å². The molecule has 5 heteroatoms. The molecule has 1 aliphatic carbocycles. The van der Waals surface area contributed by atoms with Crippen molar-refractivity contribution in [1.29, 1.82) is 0 Å². The molecule has 0 amide bonds. The van der Waals surface area contributed by atoms with Crippen molar-refractivity contribution in [3.8, 4) is 0 Å². The van der Waals surface area contributed by atoms with E-state index < -0.39 is 0 Å². The van der Waals surface area contributed by atoms with E-state index in [1.807, 2.05) is 91.9 Å². The second kappa shape index (κ2) is 16.3. The number of nitrogens with zero attached hydrogens (tertiary/aromatic N) is 4. The molecule has 270 valence electrons. The van der Waals surface area contributed by atoms with Crippen LogP contribution in [-0.2, 0) is 5.41 Å². The molecular formula is C50H45N5. The number of benzene rings is 6. The maximum absolute atomic E-state index is 5.11. The lowest BCUT2D eigenvalue weighted by atomic mass is 9.65. The van der Waals surface area contributed by atoms with Crippen LogP contribution in [0.25, 0.3) is 5.70 Å². The normalized spacial score (nSPS) is 16.1. The third-order valence-electron chi connectivity index (χ3n) is 10.8. The van der Waals surface area contributed by atoms with E-state index in [0.29, 0.717) is 11.5 Å². The van der Waals surface area contributed by atoms with Gasteiger partial charge in [-0.15, -0.1) is 0 Å². The van der Waals surface area contributed by atoms with Crippen molar-refractivity contribution in [2.75, 3.05) is 0 Å². The Morgan fingerprint density at radius 2 is 1.02 bits per heavy atom. The highest BCUT2D eigenvalue weighted by Crippen LogP contribution is 2.45. The number of hydrogen-bond acceptors (Lipinski definition) is 4. The fourth-order valence-electron chi connectivity index (χ4n) is 7.78. The molecule has 2 aliphatic rings. The molecule has 5 nitrogen and oxygen atoms in total. The number of nitrogens with one attached hydrogen (secondary N) is 1. The molecule has 6 aromatic carbocycles. The highest BCUT2D eigenvalue weighted by Gasteiger charge is 2.36. The van der Waals surface area contributed by atoms with E-state index in [0.717, 1.165) is 63.6 Å². The van der Waals surface area contributed by atoms with Crippen molar-refractivity contribution in [3.63, 3.8) is 0 Å². The Morgan fingerprint density at radius 1 is 0.545 bits per heavy atom. The minimum Gasteiger partial charge on any atom is -0.324 e. The Morgan fingerprint density at radius 3 is 1.55 bits per heavy atom. The molecule has 1 aliphatic heterocycles. The number of rotatable bonds is 9. The van der Waals surface area contributed by atoms with Crippen molar-refractivity contribution < 1.29 is 0 Å². The Balaban J connectivity index is 1.13. The van der Waals surface area contributed by atoms with Crippen molar-refractivity contribution in [3.05, 3.63) is 221 Å². The summed E-state index contributed by atoms with van der Waals surface area (Å²) in [6.07, 6.45) is 5.48. The monoisotopic (exact) mass is 715 g/mol. The maximum Gasteiger partial charge on any atom is 0.169 e. The van der Waals surface area contributed by atoms with Crippen LogP contribution >= 0.6 is 0 Å². The van der Waals surface area contributed by atoms with Crippen LogP contribution in [0.2, 0.25) is 0 Å². The predicted molar refractivity (Wildman–Crippen MR) is 229 cm³/mol. The van der Waals surface area contributed by atoms with Gasteiger partial charge in [0.15, 0.2) is 12.0 Å². The first-order chi connectivity index (χ1) is 27.1. The van der Waals surface area contributed by atoms with Gasteiger partial charge in [0.1, 0.15) is 11.7 Å². The Labute approximate surface area is 324 Å². The molecule has 0 aromatic heterocycles. The van der Waals surface area contributed by atoms with Crippen molar-refractivity contribution in [2.24, 2.45) is 20.0 Å². The lowest BCUT2D eigenvalue weighted by molar-refractivity contribution is 0.346. The fourth-order valence-corrected chi connectivity index (χ4v) is 7.78. The van der Waals surface area contributed by atoms with Gasteiger partial charge in [0.05, 0.1) is 5.70 Å². The first kappa shape index (κ1) is 35.6. The van der Waals surface area contributed by atoms with E-state index >= 15 is 0 Å². The van der Waals surface area contributed by atoms with Crippen LogP contribution in [0.15, 0.2) is 196 Å².